The summed E-state index contributed by atoms with van der Waals surface area (Å²) in [6.07, 6.45) is 0.631. The van der Waals surface area contributed by atoms with Crippen LogP contribution in [0.4, 0.5) is 5.69 Å². The van der Waals surface area contributed by atoms with E-state index in [-0.39, 0.29) is 30.2 Å². The first-order valence-corrected chi connectivity index (χ1v) is 8.79. The van der Waals surface area contributed by atoms with Crippen molar-refractivity contribution in [1.29, 1.82) is 0 Å². The lowest BCUT2D eigenvalue weighted by atomic mass is 10.1. The van der Waals surface area contributed by atoms with Gasteiger partial charge in [-0.2, -0.15) is 0 Å². The van der Waals surface area contributed by atoms with E-state index in [1.165, 1.54) is 4.90 Å². The van der Waals surface area contributed by atoms with Gasteiger partial charge in [0.05, 0.1) is 11.1 Å². The van der Waals surface area contributed by atoms with E-state index in [0.29, 0.717) is 23.2 Å². The van der Waals surface area contributed by atoms with Gasteiger partial charge in [-0.25, -0.2) is 0 Å². The van der Waals surface area contributed by atoms with Crippen LogP contribution in [0.25, 0.3) is 0 Å². The van der Waals surface area contributed by atoms with Gasteiger partial charge in [-0.05, 0) is 43.7 Å². The summed E-state index contributed by atoms with van der Waals surface area (Å²) in [7, 11) is 0. The molecule has 0 saturated carbocycles. The van der Waals surface area contributed by atoms with Gasteiger partial charge in [-0.1, -0.05) is 34.1 Å². The summed E-state index contributed by atoms with van der Waals surface area (Å²) in [6, 6.07) is 13.8. The Morgan fingerprint density at radius 1 is 1.08 bits per heavy atom. The molecular formula is C19H17BrN2O3. The normalized spacial score (nSPS) is 14.4. The van der Waals surface area contributed by atoms with Gasteiger partial charge in [-0.3, -0.25) is 19.3 Å². The lowest BCUT2D eigenvalue weighted by Gasteiger charge is -2.22. The van der Waals surface area contributed by atoms with E-state index in [1.54, 1.807) is 37.3 Å². The number of carbonyl (C=O) groups excluding carboxylic acids is 3. The SMILES string of the molecule is CC(CCC(=O)Nc1cccc(Br)c1)N1C(=O)c2ccccc2C1=O. The number of rotatable bonds is 5. The van der Waals surface area contributed by atoms with Gasteiger partial charge in [0.15, 0.2) is 0 Å². The molecule has 1 N–H and O–H groups in total. The lowest BCUT2D eigenvalue weighted by Crippen LogP contribution is -2.38. The van der Waals surface area contributed by atoms with Crippen LogP contribution in [0.3, 0.4) is 0 Å². The Kier molecular flexibility index (Phi) is 4.99. The number of benzene rings is 2. The van der Waals surface area contributed by atoms with Gasteiger partial charge in [-0.15, -0.1) is 0 Å². The second-order valence-corrected chi connectivity index (χ2v) is 6.89. The van der Waals surface area contributed by atoms with Gasteiger partial charge in [0.2, 0.25) is 5.91 Å². The van der Waals surface area contributed by atoms with Crippen molar-refractivity contribution in [3.05, 3.63) is 64.1 Å². The molecule has 3 amide bonds. The third-order valence-corrected chi connectivity index (χ3v) is 4.66. The zero-order valence-electron chi connectivity index (χ0n) is 13.7. The van der Waals surface area contributed by atoms with Crippen LogP contribution >= 0.6 is 15.9 Å². The number of hydrogen-bond acceptors (Lipinski definition) is 3. The maximum Gasteiger partial charge on any atom is 0.261 e. The van der Waals surface area contributed by atoms with E-state index in [9.17, 15) is 14.4 Å². The number of anilines is 1. The lowest BCUT2D eigenvalue weighted by molar-refractivity contribution is -0.116. The molecule has 1 heterocycles. The molecule has 25 heavy (non-hydrogen) atoms. The minimum Gasteiger partial charge on any atom is -0.326 e. The molecule has 1 aliphatic heterocycles. The average Bonchev–Trinajstić information content (AvgIpc) is 2.84. The summed E-state index contributed by atoms with van der Waals surface area (Å²) in [5.74, 6) is -0.734. The molecular weight excluding hydrogens is 384 g/mol. The van der Waals surface area contributed by atoms with Crippen molar-refractivity contribution in [3.63, 3.8) is 0 Å². The van der Waals surface area contributed by atoms with Gasteiger partial charge in [0.25, 0.3) is 11.8 Å². The van der Waals surface area contributed by atoms with Gasteiger partial charge < -0.3 is 5.32 Å². The third kappa shape index (κ3) is 3.64. The molecule has 2 aromatic carbocycles. The van der Waals surface area contributed by atoms with E-state index in [4.69, 9.17) is 0 Å². The molecule has 0 aromatic heterocycles. The Morgan fingerprint density at radius 2 is 1.72 bits per heavy atom. The van der Waals surface area contributed by atoms with E-state index in [1.807, 2.05) is 18.2 Å². The number of fused-ring (bicyclic) bond motifs is 1. The molecule has 3 rings (SSSR count). The molecule has 6 heteroatoms. The Balaban J connectivity index is 1.60. The maximum absolute atomic E-state index is 12.4. The predicted octanol–water partition coefficient (Wildman–Crippen LogP) is 3.85. The van der Waals surface area contributed by atoms with Crippen LogP contribution in [0.2, 0.25) is 0 Å². The van der Waals surface area contributed by atoms with E-state index < -0.39 is 0 Å². The number of imide groups is 1. The highest BCUT2D eigenvalue weighted by Gasteiger charge is 2.37. The van der Waals surface area contributed by atoms with Crippen LogP contribution in [-0.2, 0) is 4.79 Å². The molecule has 0 spiro atoms. The van der Waals surface area contributed by atoms with Gasteiger partial charge in [0.1, 0.15) is 0 Å². The number of nitrogens with one attached hydrogen (secondary N) is 1. The Labute approximate surface area is 154 Å². The fraction of sp³-hybridized carbons (Fsp3) is 0.211. The largest absolute Gasteiger partial charge is 0.326 e. The summed E-state index contributed by atoms with van der Waals surface area (Å²) in [4.78, 5) is 38.2. The minimum atomic E-state index is -0.347. The number of amides is 3. The van der Waals surface area contributed by atoms with E-state index in [2.05, 4.69) is 21.2 Å². The Morgan fingerprint density at radius 3 is 2.32 bits per heavy atom. The fourth-order valence-electron chi connectivity index (χ4n) is 2.87. The first-order chi connectivity index (χ1) is 12.0. The standard InChI is InChI=1S/C19H17BrN2O3/c1-12(9-10-17(23)21-14-6-4-5-13(20)11-14)22-18(24)15-7-2-3-8-16(15)19(22)25/h2-8,11-12H,9-10H2,1H3,(H,21,23). The highest BCUT2D eigenvalue weighted by Crippen LogP contribution is 2.26. The topological polar surface area (TPSA) is 66.5 Å². The molecule has 128 valence electrons. The smallest absolute Gasteiger partial charge is 0.261 e. The van der Waals surface area contributed by atoms with Crippen molar-refractivity contribution in [1.82, 2.24) is 4.90 Å². The summed E-state index contributed by atoms with van der Waals surface area (Å²) >= 11 is 3.35. The molecule has 5 nitrogen and oxygen atoms in total. The highest BCUT2D eigenvalue weighted by molar-refractivity contribution is 9.10. The van der Waals surface area contributed by atoms with Crippen molar-refractivity contribution < 1.29 is 14.4 Å². The van der Waals surface area contributed by atoms with Crippen LogP contribution < -0.4 is 5.32 Å². The first kappa shape index (κ1) is 17.4. The molecule has 2 aromatic rings. The van der Waals surface area contributed by atoms with Crippen molar-refractivity contribution in [3.8, 4) is 0 Å². The van der Waals surface area contributed by atoms with Crippen molar-refractivity contribution in [2.75, 3.05) is 5.32 Å². The predicted molar refractivity (Wildman–Crippen MR) is 98.4 cm³/mol. The molecule has 1 unspecified atom stereocenters. The van der Waals surface area contributed by atoms with Crippen molar-refractivity contribution in [2.45, 2.75) is 25.8 Å². The zero-order valence-corrected chi connectivity index (χ0v) is 15.2. The average molecular weight is 401 g/mol. The Hall–Kier alpha value is -2.47. The van der Waals surface area contributed by atoms with Crippen LogP contribution in [0.1, 0.15) is 40.5 Å². The quantitative estimate of drug-likeness (QED) is 0.774. The number of hydrogen-bond donors (Lipinski definition) is 1. The maximum atomic E-state index is 12.4. The first-order valence-electron chi connectivity index (χ1n) is 7.99. The summed E-state index contributed by atoms with van der Waals surface area (Å²) in [5, 5.41) is 2.81. The van der Waals surface area contributed by atoms with Crippen LogP contribution in [0.15, 0.2) is 53.0 Å². The second-order valence-electron chi connectivity index (χ2n) is 5.97. The second kappa shape index (κ2) is 7.19. The van der Waals surface area contributed by atoms with Crippen molar-refractivity contribution in [2.24, 2.45) is 0 Å². The summed E-state index contributed by atoms with van der Waals surface area (Å²) < 4.78 is 0.879. The van der Waals surface area contributed by atoms with Crippen LogP contribution in [0, 0.1) is 0 Å². The third-order valence-electron chi connectivity index (χ3n) is 4.16. The molecule has 0 saturated heterocycles. The fourth-order valence-corrected chi connectivity index (χ4v) is 3.27. The molecule has 1 atom stereocenters. The number of nitrogens with zero attached hydrogens (tertiary/aromatic N) is 1. The van der Waals surface area contributed by atoms with Crippen LogP contribution in [-0.4, -0.2) is 28.7 Å². The van der Waals surface area contributed by atoms with Gasteiger partial charge in [0, 0.05) is 22.6 Å². The van der Waals surface area contributed by atoms with E-state index >= 15 is 0 Å². The molecule has 1 aliphatic rings. The molecule has 0 radical (unpaired) electrons. The van der Waals surface area contributed by atoms with Gasteiger partial charge >= 0.3 is 0 Å². The van der Waals surface area contributed by atoms with E-state index in [0.717, 1.165) is 4.47 Å². The minimum absolute atomic E-state index is 0.151. The molecule has 0 bridgehead atoms. The summed E-state index contributed by atoms with van der Waals surface area (Å²) in [5.41, 5.74) is 1.56. The number of carbonyl (C=O) groups is 3. The van der Waals surface area contributed by atoms with Crippen molar-refractivity contribution >= 4 is 39.3 Å². The molecule has 0 fully saturated rings. The van der Waals surface area contributed by atoms with Crippen LogP contribution in [0.5, 0.6) is 0 Å². The molecule has 0 aliphatic carbocycles. The zero-order chi connectivity index (χ0) is 18.0. The highest BCUT2D eigenvalue weighted by atomic mass is 79.9. The number of halogens is 1. The Bertz CT molecular complexity index is 815. The monoisotopic (exact) mass is 400 g/mol. The summed E-state index contributed by atoms with van der Waals surface area (Å²) in [6.45, 7) is 1.79.